The minimum absolute atomic E-state index is 0.133. The van der Waals surface area contributed by atoms with Crippen molar-refractivity contribution in [1.82, 2.24) is 5.43 Å². The van der Waals surface area contributed by atoms with Crippen molar-refractivity contribution in [3.63, 3.8) is 0 Å². The first-order valence-electron chi connectivity index (χ1n) is 11.3. The number of hydrogen-bond acceptors (Lipinski definition) is 5. The van der Waals surface area contributed by atoms with Gasteiger partial charge in [0.1, 0.15) is 12.4 Å². The fourth-order valence-corrected chi connectivity index (χ4v) is 3.89. The molecule has 0 unspecified atom stereocenters. The average molecular weight is 469 g/mol. The van der Waals surface area contributed by atoms with Crippen molar-refractivity contribution < 1.29 is 19.0 Å². The first kappa shape index (κ1) is 23.8. The van der Waals surface area contributed by atoms with Gasteiger partial charge in [-0.15, -0.1) is 0 Å². The van der Waals surface area contributed by atoms with Crippen molar-refractivity contribution in [3.05, 3.63) is 101 Å². The first-order chi connectivity index (χ1) is 17.1. The molecule has 0 fully saturated rings. The number of carbonyl (C=O) groups is 1. The molecule has 0 aromatic heterocycles. The second kappa shape index (κ2) is 11.2. The molecule has 0 bridgehead atoms. The normalized spacial score (nSPS) is 10.9. The fraction of sp³-hybridized carbons (Fsp3) is 0.172. The van der Waals surface area contributed by atoms with Gasteiger partial charge in [0.25, 0.3) is 5.91 Å². The van der Waals surface area contributed by atoms with Crippen LogP contribution < -0.4 is 19.6 Å². The Morgan fingerprint density at radius 1 is 0.857 bits per heavy atom. The van der Waals surface area contributed by atoms with E-state index in [0.717, 1.165) is 27.5 Å². The van der Waals surface area contributed by atoms with Gasteiger partial charge in [-0.1, -0.05) is 66.7 Å². The van der Waals surface area contributed by atoms with Crippen LogP contribution >= 0.6 is 0 Å². The number of ether oxygens (including phenoxy) is 3. The van der Waals surface area contributed by atoms with E-state index in [9.17, 15) is 4.79 Å². The van der Waals surface area contributed by atoms with Crippen LogP contribution in [-0.4, -0.2) is 25.8 Å². The van der Waals surface area contributed by atoms with Gasteiger partial charge < -0.3 is 14.2 Å². The number of fused-ring (bicyclic) bond motifs is 1. The number of nitrogens with one attached hydrogen (secondary N) is 1. The highest BCUT2D eigenvalue weighted by Crippen LogP contribution is 2.31. The number of benzene rings is 4. The lowest BCUT2D eigenvalue weighted by Gasteiger charge is -2.14. The van der Waals surface area contributed by atoms with Gasteiger partial charge in [-0.2, -0.15) is 5.10 Å². The van der Waals surface area contributed by atoms with Crippen molar-refractivity contribution in [3.8, 4) is 17.2 Å². The number of carbonyl (C=O) groups excluding carboxylic acids is 1. The molecular formula is C29H28N2O4. The van der Waals surface area contributed by atoms with E-state index < -0.39 is 0 Å². The van der Waals surface area contributed by atoms with Crippen molar-refractivity contribution in [1.29, 1.82) is 0 Å². The third kappa shape index (κ3) is 5.79. The molecule has 0 aliphatic carbocycles. The summed E-state index contributed by atoms with van der Waals surface area (Å²) in [6, 6.07) is 25.7. The molecule has 0 radical (unpaired) electrons. The monoisotopic (exact) mass is 468 g/mol. The van der Waals surface area contributed by atoms with Gasteiger partial charge in [0, 0.05) is 5.56 Å². The number of aryl methyl sites for hydroxylation is 2. The fourth-order valence-electron chi connectivity index (χ4n) is 3.89. The largest absolute Gasteiger partial charge is 0.493 e. The van der Waals surface area contributed by atoms with Crippen molar-refractivity contribution in [2.45, 2.75) is 20.5 Å². The van der Waals surface area contributed by atoms with E-state index >= 15 is 0 Å². The molecule has 6 nitrogen and oxygen atoms in total. The first-order valence-corrected chi connectivity index (χ1v) is 11.3. The topological polar surface area (TPSA) is 69.2 Å². The molecule has 0 aliphatic heterocycles. The highest BCUT2D eigenvalue weighted by Gasteiger charge is 2.11. The van der Waals surface area contributed by atoms with E-state index in [2.05, 4.69) is 28.7 Å². The summed E-state index contributed by atoms with van der Waals surface area (Å²) in [6.07, 6.45) is 1.54. The summed E-state index contributed by atoms with van der Waals surface area (Å²) in [5.74, 6) is 1.49. The van der Waals surface area contributed by atoms with Crippen LogP contribution in [0.1, 0.15) is 22.3 Å². The standard InChI is InChI=1S/C29H28N2O4/c1-20-9-6-10-21(2)28(20)35-19-27(32)31-30-17-23-13-8-16-26(33-3)29(23)34-18-24-14-7-12-22-11-4-5-15-25(22)24/h4-17H,18-19H2,1-3H3,(H,31,32)/b30-17-. The second-order valence-corrected chi connectivity index (χ2v) is 8.11. The summed E-state index contributed by atoms with van der Waals surface area (Å²) >= 11 is 0. The summed E-state index contributed by atoms with van der Waals surface area (Å²) < 4.78 is 17.4. The Balaban J connectivity index is 1.44. The SMILES string of the molecule is COc1cccc(/C=N\NC(=O)COc2c(C)cccc2C)c1OCc1cccc2ccccc12. The Bertz CT molecular complexity index is 1340. The zero-order valence-electron chi connectivity index (χ0n) is 20.1. The van der Waals surface area contributed by atoms with Crippen molar-refractivity contribution >= 4 is 22.9 Å². The Hall–Kier alpha value is -4.32. The van der Waals surface area contributed by atoms with Gasteiger partial charge in [-0.05, 0) is 53.4 Å². The lowest BCUT2D eigenvalue weighted by Crippen LogP contribution is -2.25. The molecule has 6 heteroatoms. The summed E-state index contributed by atoms with van der Waals surface area (Å²) in [7, 11) is 1.59. The Labute approximate surface area is 205 Å². The molecule has 4 aromatic rings. The van der Waals surface area contributed by atoms with Crippen LogP contribution in [0, 0.1) is 13.8 Å². The number of hydrazone groups is 1. The zero-order chi connectivity index (χ0) is 24.6. The van der Waals surface area contributed by atoms with Gasteiger partial charge >= 0.3 is 0 Å². The van der Waals surface area contributed by atoms with Crippen LogP contribution in [0.15, 0.2) is 84.0 Å². The van der Waals surface area contributed by atoms with Crippen LogP contribution in [-0.2, 0) is 11.4 Å². The molecule has 4 rings (SSSR count). The number of hydrogen-bond donors (Lipinski definition) is 1. The predicted molar refractivity (Wildman–Crippen MR) is 138 cm³/mol. The molecule has 1 amide bonds. The maximum atomic E-state index is 12.3. The Morgan fingerprint density at radius 2 is 1.57 bits per heavy atom. The molecule has 0 saturated carbocycles. The third-order valence-corrected chi connectivity index (χ3v) is 5.63. The number of rotatable bonds is 9. The van der Waals surface area contributed by atoms with Gasteiger partial charge in [0.05, 0.1) is 13.3 Å². The van der Waals surface area contributed by atoms with Crippen LogP contribution in [0.2, 0.25) is 0 Å². The number of nitrogens with zero attached hydrogens (tertiary/aromatic N) is 1. The lowest BCUT2D eigenvalue weighted by atomic mass is 10.1. The number of para-hydroxylation sites is 2. The molecule has 4 aromatic carbocycles. The molecular weight excluding hydrogens is 440 g/mol. The van der Waals surface area contributed by atoms with E-state index in [4.69, 9.17) is 14.2 Å². The summed E-state index contributed by atoms with van der Waals surface area (Å²) in [6.45, 7) is 4.12. The van der Waals surface area contributed by atoms with Crippen LogP contribution in [0.25, 0.3) is 10.8 Å². The van der Waals surface area contributed by atoms with E-state index in [1.54, 1.807) is 7.11 Å². The maximum Gasteiger partial charge on any atom is 0.277 e. The summed E-state index contributed by atoms with van der Waals surface area (Å²) in [4.78, 5) is 12.3. The molecule has 0 spiro atoms. The van der Waals surface area contributed by atoms with E-state index in [1.807, 2.05) is 74.5 Å². The molecule has 0 atom stereocenters. The molecule has 0 saturated heterocycles. The van der Waals surface area contributed by atoms with Gasteiger partial charge in [-0.25, -0.2) is 5.43 Å². The van der Waals surface area contributed by atoms with Crippen molar-refractivity contribution in [2.75, 3.05) is 13.7 Å². The predicted octanol–water partition coefficient (Wildman–Crippen LogP) is 5.57. The Kier molecular flexibility index (Phi) is 7.63. The second-order valence-electron chi connectivity index (χ2n) is 8.11. The highest BCUT2D eigenvalue weighted by atomic mass is 16.5. The molecule has 178 valence electrons. The van der Waals surface area contributed by atoms with Crippen LogP contribution in [0.5, 0.6) is 17.2 Å². The van der Waals surface area contributed by atoms with E-state index in [-0.39, 0.29) is 12.5 Å². The van der Waals surface area contributed by atoms with Gasteiger partial charge in [-0.3, -0.25) is 4.79 Å². The van der Waals surface area contributed by atoms with Crippen molar-refractivity contribution in [2.24, 2.45) is 5.10 Å². The number of amides is 1. The van der Waals surface area contributed by atoms with Gasteiger partial charge in [0.15, 0.2) is 18.1 Å². The molecule has 0 heterocycles. The summed E-state index contributed by atoms with van der Waals surface area (Å²) in [5.41, 5.74) is 6.21. The van der Waals surface area contributed by atoms with Crippen LogP contribution in [0.3, 0.4) is 0 Å². The minimum Gasteiger partial charge on any atom is -0.493 e. The third-order valence-electron chi connectivity index (χ3n) is 5.63. The molecule has 35 heavy (non-hydrogen) atoms. The summed E-state index contributed by atoms with van der Waals surface area (Å²) in [5, 5.41) is 6.39. The van der Waals surface area contributed by atoms with E-state index in [0.29, 0.717) is 29.4 Å². The average Bonchev–Trinajstić information content (AvgIpc) is 2.87. The van der Waals surface area contributed by atoms with Gasteiger partial charge in [0.2, 0.25) is 0 Å². The highest BCUT2D eigenvalue weighted by molar-refractivity contribution is 5.87. The minimum atomic E-state index is -0.356. The molecule has 1 N–H and O–H groups in total. The molecule has 0 aliphatic rings. The Morgan fingerprint density at radius 3 is 2.37 bits per heavy atom. The maximum absolute atomic E-state index is 12.3. The smallest absolute Gasteiger partial charge is 0.277 e. The zero-order valence-corrected chi connectivity index (χ0v) is 20.1. The van der Waals surface area contributed by atoms with E-state index in [1.165, 1.54) is 6.21 Å². The number of methoxy groups -OCH3 is 1. The quantitative estimate of drug-likeness (QED) is 0.257. The lowest BCUT2D eigenvalue weighted by molar-refractivity contribution is -0.123. The van der Waals surface area contributed by atoms with Crippen LogP contribution in [0.4, 0.5) is 0 Å².